The highest BCUT2D eigenvalue weighted by molar-refractivity contribution is 7.89. The van der Waals surface area contributed by atoms with Crippen molar-refractivity contribution in [3.05, 3.63) is 46.7 Å². The number of nitrogens with one attached hydrogen (secondary N) is 1. The van der Waals surface area contributed by atoms with Gasteiger partial charge in [0.15, 0.2) is 10.7 Å². The minimum absolute atomic E-state index is 0.000341. The summed E-state index contributed by atoms with van der Waals surface area (Å²) in [5.41, 5.74) is 0.244. The van der Waals surface area contributed by atoms with Crippen LogP contribution in [0.2, 0.25) is 5.02 Å². The number of sulfonamides is 1. The Morgan fingerprint density at radius 3 is 2.84 bits per heavy atom. The summed E-state index contributed by atoms with van der Waals surface area (Å²) in [6, 6.07) is 3.94. The maximum Gasteiger partial charge on any atom is 0.248 e. The monoisotopic (exact) mass is 470 g/mol. The number of hydrogen-bond acceptors (Lipinski definition) is 6. The van der Waals surface area contributed by atoms with E-state index in [1.54, 1.807) is 32.1 Å². The Labute approximate surface area is 185 Å². The highest BCUT2D eigenvalue weighted by Crippen LogP contribution is 2.29. The SMILES string of the molecule is Cc1noc(/C=C/N(C)C)c1S(=O)(=O)N1CCCC(C(=O)Nc2ccc(Cl)cc2F)C1. The van der Waals surface area contributed by atoms with Gasteiger partial charge >= 0.3 is 0 Å². The number of carbonyl (C=O) groups excluding carboxylic acids is 1. The molecule has 8 nitrogen and oxygen atoms in total. The zero-order valence-electron chi connectivity index (χ0n) is 17.4. The molecule has 0 aliphatic carbocycles. The number of anilines is 1. The van der Waals surface area contributed by atoms with Crippen molar-refractivity contribution in [1.29, 1.82) is 0 Å². The van der Waals surface area contributed by atoms with Gasteiger partial charge in [0.05, 0.1) is 11.6 Å². The van der Waals surface area contributed by atoms with Gasteiger partial charge in [-0.1, -0.05) is 16.8 Å². The Hall–Kier alpha value is -2.43. The second-order valence-corrected chi connectivity index (χ2v) is 9.87. The van der Waals surface area contributed by atoms with Gasteiger partial charge in [0.1, 0.15) is 11.5 Å². The number of nitrogens with zero attached hydrogens (tertiary/aromatic N) is 3. The van der Waals surface area contributed by atoms with Crippen molar-refractivity contribution < 1.29 is 22.1 Å². The third-order valence-corrected chi connectivity index (χ3v) is 7.16. The molecule has 1 amide bonds. The van der Waals surface area contributed by atoms with Crippen molar-refractivity contribution in [2.45, 2.75) is 24.7 Å². The first kappa shape index (κ1) is 23.2. The van der Waals surface area contributed by atoms with Crippen molar-refractivity contribution in [3.8, 4) is 0 Å². The Bertz CT molecular complexity index is 1100. The number of aromatic nitrogens is 1. The molecule has 1 atom stereocenters. The van der Waals surface area contributed by atoms with E-state index in [1.165, 1.54) is 22.5 Å². The number of amides is 1. The Kier molecular flexibility index (Phi) is 7.03. The molecule has 2 heterocycles. The van der Waals surface area contributed by atoms with E-state index in [-0.39, 0.29) is 40.1 Å². The number of rotatable bonds is 6. The first-order valence-electron chi connectivity index (χ1n) is 9.66. The fourth-order valence-corrected chi connectivity index (χ4v) is 5.28. The lowest BCUT2D eigenvalue weighted by Gasteiger charge is -2.31. The minimum atomic E-state index is -3.95. The maximum atomic E-state index is 14.0. The van der Waals surface area contributed by atoms with Gasteiger partial charge in [-0.15, -0.1) is 0 Å². The molecule has 1 aliphatic rings. The molecule has 31 heavy (non-hydrogen) atoms. The van der Waals surface area contributed by atoms with Gasteiger partial charge in [0, 0.05) is 44.5 Å². The summed E-state index contributed by atoms with van der Waals surface area (Å²) in [7, 11) is -0.351. The molecule has 168 valence electrons. The van der Waals surface area contributed by atoms with Crippen LogP contribution in [0, 0.1) is 18.7 Å². The normalized spacial score (nSPS) is 17.8. The summed E-state index contributed by atoms with van der Waals surface area (Å²) in [5.74, 6) is -1.60. The lowest BCUT2D eigenvalue weighted by atomic mass is 9.98. The van der Waals surface area contributed by atoms with E-state index in [0.717, 1.165) is 6.07 Å². The Morgan fingerprint density at radius 1 is 1.42 bits per heavy atom. The van der Waals surface area contributed by atoms with Crippen molar-refractivity contribution in [2.24, 2.45) is 5.92 Å². The number of benzene rings is 1. The summed E-state index contributed by atoms with van der Waals surface area (Å²) in [6.45, 7) is 1.80. The molecule has 2 aromatic rings. The fraction of sp³-hybridized carbons (Fsp3) is 0.400. The fourth-order valence-electron chi connectivity index (χ4n) is 3.34. The zero-order chi connectivity index (χ0) is 22.8. The van der Waals surface area contributed by atoms with Gasteiger partial charge in [0.2, 0.25) is 15.9 Å². The number of aryl methyl sites for hydroxylation is 1. The average molecular weight is 471 g/mol. The predicted octanol–water partition coefficient (Wildman–Crippen LogP) is 3.35. The van der Waals surface area contributed by atoms with Crippen molar-refractivity contribution >= 4 is 39.3 Å². The van der Waals surface area contributed by atoms with Gasteiger partial charge in [-0.2, -0.15) is 4.31 Å². The number of halogens is 2. The van der Waals surface area contributed by atoms with Crippen molar-refractivity contribution in [2.75, 3.05) is 32.5 Å². The van der Waals surface area contributed by atoms with Crippen LogP contribution < -0.4 is 5.32 Å². The molecule has 0 bridgehead atoms. The quantitative estimate of drug-likeness (QED) is 0.695. The van der Waals surface area contributed by atoms with E-state index >= 15 is 0 Å². The molecule has 11 heteroatoms. The molecule has 1 fully saturated rings. The molecule has 1 saturated heterocycles. The maximum absolute atomic E-state index is 14.0. The zero-order valence-corrected chi connectivity index (χ0v) is 19.0. The molecule has 0 radical (unpaired) electrons. The summed E-state index contributed by atoms with van der Waals surface area (Å²) in [5, 5.41) is 6.54. The molecule has 1 aromatic heterocycles. The van der Waals surface area contributed by atoms with Gasteiger partial charge < -0.3 is 14.7 Å². The lowest BCUT2D eigenvalue weighted by Crippen LogP contribution is -2.44. The van der Waals surface area contributed by atoms with Crippen LogP contribution in [0.25, 0.3) is 6.08 Å². The third-order valence-electron chi connectivity index (χ3n) is 4.90. The van der Waals surface area contributed by atoms with Crippen LogP contribution in [-0.2, 0) is 14.8 Å². The molecule has 1 aromatic carbocycles. The first-order chi connectivity index (χ1) is 14.6. The minimum Gasteiger partial charge on any atom is -0.383 e. The van der Waals surface area contributed by atoms with E-state index < -0.39 is 27.7 Å². The number of piperidine rings is 1. The molecular weight excluding hydrogens is 447 g/mol. The highest BCUT2D eigenvalue weighted by Gasteiger charge is 2.37. The van der Waals surface area contributed by atoms with Gasteiger partial charge in [0.25, 0.3) is 0 Å². The van der Waals surface area contributed by atoms with Crippen LogP contribution >= 0.6 is 11.6 Å². The molecule has 3 rings (SSSR count). The number of carbonyl (C=O) groups is 1. The second kappa shape index (κ2) is 9.37. The smallest absolute Gasteiger partial charge is 0.248 e. The highest BCUT2D eigenvalue weighted by atomic mass is 35.5. The summed E-state index contributed by atoms with van der Waals surface area (Å²) < 4.78 is 47.1. The van der Waals surface area contributed by atoms with Crippen LogP contribution in [0.1, 0.15) is 24.3 Å². The average Bonchev–Trinajstić information content (AvgIpc) is 3.09. The Balaban J connectivity index is 1.80. The van der Waals surface area contributed by atoms with Crippen molar-refractivity contribution in [3.63, 3.8) is 0 Å². The van der Waals surface area contributed by atoms with E-state index in [1.807, 2.05) is 0 Å². The molecule has 0 spiro atoms. The molecule has 0 saturated carbocycles. The van der Waals surface area contributed by atoms with E-state index in [0.29, 0.717) is 12.8 Å². The van der Waals surface area contributed by atoms with E-state index in [9.17, 15) is 17.6 Å². The Morgan fingerprint density at radius 2 is 2.16 bits per heavy atom. The van der Waals surface area contributed by atoms with Crippen molar-refractivity contribution in [1.82, 2.24) is 14.4 Å². The molecule has 1 aliphatic heterocycles. The predicted molar refractivity (Wildman–Crippen MR) is 115 cm³/mol. The van der Waals surface area contributed by atoms with Crippen LogP contribution in [0.3, 0.4) is 0 Å². The summed E-state index contributed by atoms with van der Waals surface area (Å²) in [6.07, 6.45) is 4.17. The van der Waals surface area contributed by atoms with E-state index in [4.69, 9.17) is 16.1 Å². The number of hydrogen-bond donors (Lipinski definition) is 1. The molecule has 1 N–H and O–H groups in total. The lowest BCUT2D eigenvalue weighted by molar-refractivity contribution is -0.120. The standard InChI is InChI=1S/C20H24ClFN4O4S/c1-13-19(18(30-24-13)8-10-25(2)3)31(28,29)26-9-4-5-14(12-26)20(27)23-17-7-6-15(21)11-16(17)22/h6-8,10-11,14H,4-5,9,12H2,1-3H3,(H,23,27)/b10-8+. The van der Waals surface area contributed by atoms with Gasteiger partial charge in [-0.25, -0.2) is 12.8 Å². The van der Waals surface area contributed by atoms with Gasteiger partial charge in [-0.05, 0) is 38.0 Å². The van der Waals surface area contributed by atoms with Crippen LogP contribution in [0.4, 0.5) is 10.1 Å². The largest absolute Gasteiger partial charge is 0.383 e. The third kappa shape index (κ3) is 5.25. The first-order valence-corrected chi connectivity index (χ1v) is 11.5. The topological polar surface area (TPSA) is 95.8 Å². The summed E-state index contributed by atoms with van der Waals surface area (Å²) in [4.78, 5) is 14.4. The second-order valence-electron chi connectivity index (χ2n) is 7.56. The van der Waals surface area contributed by atoms with Crippen LogP contribution in [0.15, 0.2) is 33.8 Å². The van der Waals surface area contributed by atoms with E-state index in [2.05, 4.69) is 10.5 Å². The van der Waals surface area contributed by atoms with Crippen LogP contribution in [-0.4, -0.2) is 55.9 Å². The molecular formula is C20H24ClFN4O4S. The summed E-state index contributed by atoms with van der Waals surface area (Å²) >= 11 is 5.74. The van der Waals surface area contributed by atoms with Crippen LogP contribution in [0.5, 0.6) is 0 Å². The van der Waals surface area contributed by atoms with Gasteiger partial charge in [-0.3, -0.25) is 4.79 Å². The molecule has 1 unspecified atom stereocenters.